The zero-order chi connectivity index (χ0) is 21.5. The van der Waals surface area contributed by atoms with Crippen LogP contribution in [0.2, 0.25) is 0 Å². The molecule has 0 bridgehead atoms. The summed E-state index contributed by atoms with van der Waals surface area (Å²) in [5.74, 6) is 0. The molecular formula is C27H24N3O+. The molecule has 0 aliphatic heterocycles. The van der Waals surface area contributed by atoms with Gasteiger partial charge in [-0.1, -0.05) is 18.2 Å². The molecule has 31 heavy (non-hydrogen) atoms. The van der Waals surface area contributed by atoms with E-state index in [-0.39, 0.29) is 5.41 Å². The predicted molar refractivity (Wildman–Crippen MR) is 123 cm³/mol. The van der Waals surface area contributed by atoms with E-state index < -0.39 is 0 Å². The van der Waals surface area contributed by atoms with E-state index >= 15 is 0 Å². The standard InChI is InChI=1S/C27H24N3O/c1-15-8-11-21(30(5)14-15)22-16(2)9-10-17-20-13-19-18-7-6-12-28-24(18)27(3,4)25(19)29-26(20)31-23(17)22/h6-14H,1-5H3/q+1. The highest BCUT2D eigenvalue weighted by Crippen LogP contribution is 2.48. The first-order valence-electron chi connectivity index (χ1n) is 10.7. The monoisotopic (exact) mass is 406 g/mol. The highest BCUT2D eigenvalue weighted by Gasteiger charge is 2.39. The highest BCUT2D eigenvalue weighted by atomic mass is 16.3. The molecular weight excluding hydrogens is 382 g/mol. The molecule has 1 aromatic carbocycles. The summed E-state index contributed by atoms with van der Waals surface area (Å²) in [5, 5.41) is 2.15. The maximum absolute atomic E-state index is 6.48. The zero-order valence-corrected chi connectivity index (χ0v) is 18.4. The average molecular weight is 407 g/mol. The normalized spacial score (nSPS) is 14.2. The van der Waals surface area contributed by atoms with E-state index in [0.29, 0.717) is 5.71 Å². The van der Waals surface area contributed by atoms with Gasteiger partial charge in [0.2, 0.25) is 11.4 Å². The minimum atomic E-state index is -0.249. The summed E-state index contributed by atoms with van der Waals surface area (Å²) in [6.07, 6.45) is 4.01. The zero-order valence-electron chi connectivity index (χ0n) is 18.4. The number of hydrogen-bond acceptors (Lipinski definition) is 3. The van der Waals surface area contributed by atoms with Gasteiger partial charge in [0.05, 0.1) is 22.4 Å². The van der Waals surface area contributed by atoms with Crippen molar-refractivity contribution in [1.82, 2.24) is 9.97 Å². The summed E-state index contributed by atoms with van der Waals surface area (Å²) < 4.78 is 8.65. The van der Waals surface area contributed by atoms with Crippen molar-refractivity contribution in [3.05, 3.63) is 77.4 Å². The second-order valence-electron chi connectivity index (χ2n) is 9.20. The number of hydrogen-bond donors (Lipinski definition) is 0. The minimum Gasteiger partial charge on any atom is -0.437 e. The topological polar surface area (TPSA) is 42.8 Å². The quantitative estimate of drug-likeness (QED) is 0.331. The van der Waals surface area contributed by atoms with Gasteiger partial charge in [-0.2, -0.15) is 0 Å². The molecule has 0 spiro atoms. The second-order valence-corrected chi connectivity index (χ2v) is 9.20. The lowest BCUT2D eigenvalue weighted by Gasteiger charge is -2.18. The van der Waals surface area contributed by atoms with Gasteiger partial charge in [0.15, 0.2) is 11.8 Å². The summed E-state index contributed by atoms with van der Waals surface area (Å²) in [6, 6.07) is 15.0. The molecule has 0 amide bonds. The van der Waals surface area contributed by atoms with Crippen molar-refractivity contribution in [3.63, 3.8) is 0 Å². The van der Waals surface area contributed by atoms with E-state index in [1.54, 1.807) is 0 Å². The molecule has 1 aliphatic rings. The Balaban J connectivity index is 1.69. The molecule has 4 heteroatoms. The van der Waals surface area contributed by atoms with Crippen LogP contribution in [0.5, 0.6) is 0 Å². The third kappa shape index (κ3) is 2.39. The number of furan rings is 1. The van der Waals surface area contributed by atoms with Crippen LogP contribution in [-0.2, 0) is 12.5 Å². The number of rotatable bonds is 1. The number of fused-ring (bicyclic) bond motifs is 6. The third-order valence-corrected chi connectivity index (χ3v) is 6.66. The molecule has 0 saturated carbocycles. The Morgan fingerprint density at radius 1 is 0.935 bits per heavy atom. The SMILES string of the molecule is Cc1ccc(-c2c(C)ccc3c2oc2nc4c(cc23)-c2cccnc2C4(C)C)[n+](C)c1. The number of aryl methyl sites for hydroxylation is 3. The first-order valence-corrected chi connectivity index (χ1v) is 10.7. The fraction of sp³-hybridized carbons (Fsp3) is 0.222. The molecule has 0 radical (unpaired) electrons. The summed E-state index contributed by atoms with van der Waals surface area (Å²) in [4.78, 5) is 9.72. The van der Waals surface area contributed by atoms with Gasteiger partial charge in [0, 0.05) is 39.7 Å². The molecule has 5 aromatic rings. The van der Waals surface area contributed by atoms with Crippen LogP contribution in [-0.4, -0.2) is 9.97 Å². The van der Waals surface area contributed by atoms with Crippen LogP contribution in [0.4, 0.5) is 0 Å². The molecule has 0 fully saturated rings. The third-order valence-electron chi connectivity index (χ3n) is 6.66. The van der Waals surface area contributed by atoms with Gasteiger partial charge in [0.1, 0.15) is 7.05 Å². The lowest BCUT2D eigenvalue weighted by Crippen LogP contribution is -2.31. The van der Waals surface area contributed by atoms with E-state index in [9.17, 15) is 0 Å². The van der Waals surface area contributed by atoms with Gasteiger partial charge in [0.25, 0.3) is 0 Å². The number of aromatic nitrogens is 3. The van der Waals surface area contributed by atoms with Crippen LogP contribution in [0, 0.1) is 13.8 Å². The lowest BCUT2D eigenvalue weighted by molar-refractivity contribution is -0.660. The Kier molecular flexibility index (Phi) is 3.54. The Hall–Kier alpha value is -3.53. The molecule has 4 aromatic heterocycles. The molecule has 4 nitrogen and oxygen atoms in total. The number of pyridine rings is 3. The van der Waals surface area contributed by atoms with Gasteiger partial charge < -0.3 is 4.42 Å². The van der Waals surface area contributed by atoms with E-state index in [1.807, 2.05) is 12.3 Å². The van der Waals surface area contributed by atoms with Crippen LogP contribution >= 0.6 is 0 Å². The van der Waals surface area contributed by atoms with E-state index in [1.165, 1.54) is 16.7 Å². The molecule has 0 saturated heterocycles. The first-order chi connectivity index (χ1) is 14.9. The van der Waals surface area contributed by atoms with Crippen LogP contribution in [0.3, 0.4) is 0 Å². The Morgan fingerprint density at radius 3 is 2.58 bits per heavy atom. The lowest BCUT2D eigenvalue weighted by atomic mass is 9.89. The summed E-state index contributed by atoms with van der Waals surface area (Å²) in [6.45, 7) is 8.63. The number of benzene rings is 1. The molecule has 0 atom stereocenters. The fourth-order valence-electron chi connectivity index (χ4n) is 5.10. The van der Waals surface area contributed by atoms with Gasteiger partial charge in [-0.25, -0.2) is 9.55 Å². The van der Waals surface area contributed by atoms with Gasteiger partial charge in [-0.05, 0) is 51.5 Å². The number of nitrogens with zero attached hydrogens (tertiary/aromatic N) is 3. The molecule has 152 valence electrons. The van der Waals surface area contributed by atoms with Crippen molar-refractivity contribution in [1.29, 1.82) is 0 Å². The first kappa shape index (κ1) is 18.3. The Bertz CT molecular complexity index is 1540. The maximum Gasteiger partial charge on any atom is 0.227 e. The van der Waals surface area contributed by atoms with Crippen LogP contribution in [0.15, 0.2) is 59.3 Å². The minimum absolute atomic E-state index is 0.249. The molecule has 0 N–H and O–H groups in total. The maximum atomic E-state index is 6.48. The van der Waals surface area contributed by atoms with Crippen molar-refractivity contribution in [3.8, 4) is 22.4 Å². The average Bonchev–Trinajstić information content (AvgIpc) is 3.21. The van der Waals surface area contributed by atoms with Crippen molar-refractivity contribution >= 4 is 22.1 Å². The largest absolute Gasteiger partial charge is 0.437 e. The summed E-state index contributed by atoms with van der Waals surface area (Å²) in [5.41, 5.74) is 10.5. The Morgan fingerprint density at radius 2 is 1.77 bits per heavy atom. The molecule has 6 rings (SSSR count). The highest BCUT2D eigenvalue weighted by molar-refractivity contribution is 6.10. The van der Waals surface area contributed by atoms with Gasteiger partial charge >= 0.3 is 0 Å². The van der Waals surface area contributed by atoms with E-state index in [4.69, 9.17) is 9.40 Å². The smallest absolute Gasteiger partial charge is 0.227 e. The van der Waals surface area contributed by atoms with Gasteiger partial charge in [-0.15, -0.1) is 0 Å². The molecule has 4 heterocycles. The van der Waals surface area contributed by atoms with Crippen LogP contribution in [0.25, 0.3) is 44.5 Å². The molecule has 0 unspecified atom stereocenters. The van der Waals surface area contributed by atoms with Crippen LogP contribution < -0.4 is 4.57 Å². The second kappa shape index (κ2) is 6.01. The predicted octanol–water partition coefficient (Wildman–Crippen LogP) is 5.79. The van der Waals surface area contributed by atoms with E-state index in [0.717, 1.165) is 44.6 Å². The van der Waals surface area contributed by atoms with Crippen molar-refractivity contribution in [2.75, 3.05) is 0 Å². The van der Waals surface area contributed by atoms with Crippen molar-refractivity contribution in [2.45, 2.75) is 33.1 Å². The summed E-state index contributed by atoms with van der Waals surface area (Å²) in [7, 11) is 2.09. The summed E-state index contributed by atoms with van der Waals surface area (Å²) >= 11 is 0. The fourth-order valence-corrected chi connectivity index (χ4v) is 5.10. The van der Waals surface area contributed by atoms with E-state index in [2.05, 4.69) is 86.9 Å². The molecule has 1 aliphatic carbocycles. The Labute approximate surface area is 181 Å². The van der Waals surface area contributed by atoms with Crippen molar-refractivity contribution < 1.29 is 8.98 Å². The van der Waals surface area contributed by atoms with Gasteiger partial charge in [-0.3, -0.25) is 4.98 Å². The van der Waals surface area contributed by atoms with Crippen LogP contribution in [0.1, 0.15) is 36.4 Å². The van der Waals surface area contributed by atoms with Crippen molar-refractivity contribution in [2.24, 2.45) is 7.05 Å².